The first-order valence-electron chi connectivity index (χ1n) is 10.3. The highest BCUT2D eigenvalue weighted by atomic mass is 79.9. The largest absolute Gasteiger partial charge is 0.492 e. The Morgan fingerprint density at radius 2 is 1.81 bits per heavy atom. The van der Waals surface area contributed by atoms with E-state index in [0.717, 1.165) is 30.4 Å². The van der Waals surface area contributed by atoms with Crippen molar-refractivity contribution in [2.24, 2.45) is 5.92 Å². The number of ether oxygens (including phenoxy) is 1. The highest BCUT2D eigenvalue weighted by Crippen LogP contribution is 2.24. The Morgan fingerprint density at radius 3 is 2.45 bits per heavy atom. The molecular formula is C23H26BrN3O3S. The lowest BCUT2D eigenvalue weighted by Gasteiger charge is -2.16. The van der Waals surface area contributed by atoms with E-state index in [0.29, 0.717) is 35.1 Å². The Hall–Kier alpha value is -2.45. The van der Waals surface area contributed by atoms with Crippen LogP contribution >= 0.6 is 28.1 Å². The van der Waals surface area contributed by atoms with E-state index in [2.05, 4.69) is 26.6 Å². The molecule has 8 heteroatoms. The molecule has 2 N–H and O–H groups in total. The SMILES string of the molecule is CC(C)COc1ccc(Br)cc1C(=O)NC(=S)Nc1ccc(C(=O)N2CCCC2)cc1. The number of likely N-dealkylation sites (tertiary alicyclic amines) is 1. The van der Waals surface area contributed by atoms with E-state index in [1.54, 1.807) is 36.4 Å². The molecule has 1 fully saturated rings. The van der Waals surface area contributed by atoms with Crippen molar-refractivity contribution < 1.29 is 14.3 Å². The molecule has 1 aliphatic rings. The number of thiocarbonyl (C=S) groups is 1. The Balaban J connectivity index is 1.61. The topological polar surface area (TPSA) is 70.7 Å². The van der Waals surface area contributed by atoms with Crippen LogP contribution < -0.4 is 15.4 Å². The second-order valence-electron chi connectivity index (χ2n) is 7.83. The molecule has 0 spiro atoms. The predicted molar refractivity (Wildman–Crippen MR) is 130 cm³/mol. The van der Waals surface area contributed by atoms with Crippen molar-refractivity contribution in [2.45, 2.75) is 26.7 Å². The van der Waals surface area contributed by atoms with E-state index in [9.17, 15) is 9.59 Å². The molecule has 0 radical (unpaired) electrons. The van der Waals surface area contributed by atoms with Crippen molar-refractivity contribution in [2.75, 3.05) is 25.0 Å². The van der Waals surface area contributed by atoms with Crippen LogP contribution in [0, 0.1) is 5.92 Å². The number of carbonyl (C=O) groups is 2. The monoisotopic (exact) mass is 503 g/mol. The van der Waals surface area contributed by atoms with E-state index in [1.165, 1.54) is 0 Å². The zero-order valence-electron chi connectivity index (χ0n) is 17.6. The van der Waals surface area contributed by atoms with Crippen molar-refractivity contribution in [3.05, 3.63) is 58.1 Å². The maximum atomic E-state index is 12.8. The summed E-state index contributed by atoms with van der Waals surface area (Å²) in [7, 11) is 0. The van der Waals surface area contributed by atoms with Gasteiger partial charge in [0.05, 0.1) is 12.2 Å². The van der Waals surface area contributed by atoms with Gasteiger partial charge in [-0.2, -0.15) is 0 Å². The van der Waals surface area contributed by atoms with Gasteiger partial charge in [0.2, 0.25) is 0 Å². The van der Waals surface area contributed by atoms with Gasteiger partial charge in [-0.3, -0.25) is 14.9 Å². The van der Waals surface area contributed by atoms with E-state index in [1.807, 2.05) is 24.8 Å². The summed E-state index contributed by atoms with van der Waals surface area (Å²) in [6, 6.07) is 12.4. The summed E-state index contributed by atoms with van der Waals surface area (Å²) in [5, 5.41) is 5.84. The number of amides is 2. The molecule has 31 heavy (non-hydrogen) atoms. The molecular weight excluding hydrogens is 478 g/mol. The molecule has 0 aromatic heterocycles. The molecule has 0 saturated carbocycles. The van der Waals surface area contributed by atoms with E-state index in [-0.39, 0.29) is 16.9 Å². The predicted octanol–water partition coefficient (Wildman–Crippen LogP) is 4.85. The van der Waals surface area contributed by atoms with Gasteiger partial charge in [-0.05, 0) is 73.4 Å². The Kier molecular flexibility index (Phi) is 8.03. The standard InChI is InChI=1S/C23H26BrN3O3S/c1-15(2)14-30-20-10-7-17(24)13-19(20)21(28)26-23(31)25-18-8-5-16(6-9-18)22(29)27-11-3-4-12-27/h5-10,13,15H,3-4,11-12,14H2,1-2H3,(H2,25,26,28,31). The zero-order valence-corrected chi connectivity index (χ0v) is 20.0. The average molecular weight is 504 g/mol. The quantitative estimate of drug-likeness (QED) is 0.551. The third-order valence-corrected chi connectivity index (χ3v) is 5.47. The number of anilines is 1. The lowest BCUT2D eigenvalue weighted by molar-refractivity contribution is 0.0792. The first kappa shape index (κ1) is 23.2. The van der Waals surface area contributed by atoms with Gasteiger partial charge in [-0.15, -0.1) is 0 Å². The average Bonchev–Trinajstić information content (AvgIpc) is 3.27. The fourth-order valence-corrected chi connectivity index (χ4v) is 3.77. The maximum Gasteiger partial charge on any atom is 0.261 e. The van der Waals surface area contributed by atoms with E-state index in [4.69, 9.17) is 17.0 Å². The fraction of sp³-hybridized carbons (Fsp3) is 0.348. The molecule has 2 aromatic carbocycles. The van der Waals surface area contributed by atoms with E-state index < -0.39 is 0 Å². The Morgan fingerprint density at radius 1 is 1.13 bits per heavy atom. The first-order valence-corrected chi connectivity index (χ1v) is 11.5. The molecule has 1 saturated heterocycles. The summed E-state index contributed by atoms with van der Waals surface area (Å²) in [4.78, 5) is 27.1. The van der Waals surface area contributed by atoms with Crippen LogP contribution in [-0.4, -0.2) is 41.5 Å². The molecule has 3 rings (SSSR count). The first-order chi connectivity index (χ1) is 14.8. The summed E-state index contributed by atoms with van der Waals surface area (Å²) in [5.41, 5.74) is 1.73. The highest BCUT2D eigenvalue weighted by Gasteiger charge is 2.19. The zero-order chi connectivity index (χ0) is 22.4. The molecule has 0 bridgehead atoms. The van der Waals surface area contributed by atoms with Crippen LogP contribution in [0.1, 0.15) is 47.4 Å². The van der Waals surface area contributed by atoms with Gasteiger partial charge in [-0.1, -0.05) is 29.8 Å². The number of carbonyl (C=O) groups excluding carboxylic acids is 2. The molecule has 6 nitrogen and oxygen atoms in total. The number of nitrogens with one attached hydrogen (secondary N) is 2. The number of halogens is 1. The lowest BCUT2D eigenvalue weighted by Crippen LogP contribution is -2.34. The Bertz CT molecular complexity index is 957. The van der Waals surface area contributed by atoms with Gasteiger partial charge in [0.15, 0.2) is 5.11 Å². The number of hydrogen-bond acceptors (Lipinski definition) is 4. The van der Waals surface area contributed by atoms with Crippen LogP contribution in [0.25, 0.3) is 0 Å². The summed E-state index contributed by atoms with van der Waals surface area (Å²) >= 11 is 8.69. The van der Waals surface area contributed by atoms with Gasteiger partial charge in [-0.25, -0.2) is 0 Å². The van der Waals surface area contributed by atoms with Crippen LogP contribution in [0.15, 0.2) is 46.9 Å². The highest BCUT2D eigenvalue weighted by molar-refractivity contribution is 9.10. The summed E-state index contributed by atoms with van der Waals surface area (Å²) in [6.07, 6.45) is 2.11. The molecule has 0 aliphatic carbocycles. The Labute approximate surface area is 196 Å². The van der Waals surface area contributed by atoms with Crippen molar-refractivity contribution in [3.8, 4) is 5.75 Å². The molecule has 1 aliphatic heterocycles. The van der Waals surface area contributed by atoms with Crippen molar-refractivity contribution in [3.63, 3.8) is 0 Å². The minimum atomic E-state index is -0.363. The van der Waals surface area contributed by atoms with Crippen LogP contribution in [0.3, 0.4) is 0 Å². The van der Waals surface area contributed by atoms with Crippen LogP contribution in [-0.2, 0) is 0 Å². The second kappa shape index (κ2) is 10.7. The summed E-state index contributed by atoms with van der Waals surface area (Å²) < 4.78 is 6.54. The minimum absolute atomic E-state index is 0.0449. The summed E-state index contributed by atoms with van der Waals surface area (Å²) in [5.74, 6) is 0.520. The molecule has 164 valence electrons. The molecule has 0 unspecified atom stereocenters. The van der Waals surface area contributed by atoms with Gasteiger partial charge in [0.1, 0.15) is 5.75 Å². The fourth-order valence-electron chi connectivity index (χ4n) is 3.19. The van der Waals surface area contributed by atoms with Crippen LogP contribution in [0.2, 0.25) is 0 Å². The smallest absolute Gasteiger partial charge is 0.261 e. The molecule has 2 aromatic rings. The third-order valence-electron chi connectivity index (χ3n) is 4.77. The minimum Gasteiger partial charge on any atom is -0.492 e. The summed E-state index contributed by atoms with van der Waals surface area (Å²) in [6.45, 7) is 6.22. The maximum absolute atomic E-state index is 12.8. The third kappa shape index (κ3) is 6.51. The van der Waals surface area contributed by atoms with Gasteiger partial charge in [0.25, 0.3) is 11.8 Å². The number of hydrogen-bond donors (Lipinski definition) is 2. The lowest BCUT2D eigenvalue weighted by atomic mass is 10.2. The molecule has 1 heterocycles. The van der Waals surface area contributed by atoms with Gasteiger partial charge >= 0.3 is 0 Å². The van der Waals surface area contributed by atoms with Gasteiger partial charge < -0.3 is 15.0 Å². The second-order valence-corrected chi connectivity index (χ2v) is 9.15. The van der Waals surface area contributed by atoms with E-state index >= 15 is 0 Å². The number of benzene rings is 2. The number of nitrogens with zero attached hydrogens (tertiary/aromatic N) is 1. The normalized spacial score (nSPS) is 13.2. The van der Waals surface area contributed by atoms with Crippen molar-refractivity contribution in [1.29, 1.82) is 0 Å². The van der Waals surface area contributed by atoms with Crippen molar-refractivity contribution in [1.82, 2.24) is 10.2 Å². The molecule has 2 amide bonds. The van der Waals surface area contributed by atoms with Crippen LogP contribution in [0.4, 0.5) is 5.69 Å². The molecule has 0 atom stereocenters. The number of rotatable bonds is 6. The van der Waals surface area contributed by atoms with Crippen molar-refractivity contribution >= 4 is 50.8 Å². The van der Waals surface area contributed by atoms with Gasteiger partial charge in [0, 0.05) is 28.8 Å². The van der Waals surface area contributed by atoms with Crippen LogP contribution in [0.5, 0.6) is 5.75 Å².